The number of amides is 1. The van der Waals surface area contributed by atoms with E-state index in [2.05, 4.69) is 20.6 Å². The summed E-state index contributed by atoms with van der Waals surface area (Å²) in [6.45, 7) is 1.58. The van der Waals surface area contributed by atoms with Crippen LogP contribution in [0.4, 0.5) is 13.2 Å². The zero-order valence-corrected chi connectivity index (χ0v) is 10.9. The van der Waals surface area contributed by atoms with Crippen molar-refractivity contribution in [1.82, 2.24) is 20.6 Å². The number of hydrogen-bond donors (Lipinski definition) is 3. The first-order valence-corrected chi connectivity index (χ1v) is 5.78. The molecule has 1 amide bonds. The van der Waals surface area contributed by atoms with Crippen molar-refractivity contribution in [2.45, 2.75) is 25.2 Å². The van der Waals surface area contributed by atoms with E-state index in [9.17, 15) is 23.1 Å². The molecule has 1 heterocycles. The predicted octanol–water partition coefficient (Wildman–Crippen LogP) is 0.253. The van der Waals surface area contributed by atoms with Crippen LogP contribution in [0.5, 0.6) is 0 Å². The van der Waals surface area contributed by atoms with Crippen LogP contribution < -0.4 is 10.6 Å². The number of nitrogens with one attached hydrogen (secondary N) is 2. The van der Waals surface area contributed by atoms with E-state index in [4.69, 9.17) is 0 Å². The number of nitrogens with zero attached hydrogens (tertiary/aromatic N) is 2. The summed E-state index contributed by atoms with van der Waals surface area (Å²) in [7, 11) is 1.39. The highest BCUT2D eigenvalue weighted by Gasteiger charge is 2.32. The molecular formula is C11H15F3N4O2. The Kier molecular flexibility index (Phi) is 5.40. The molecule has 9 heteroatoms. The smallest absolute Gasteiger partial charge is 0.382 e. The summed E-state index contributed by atoms with van der Waals surface area (Å²) in [5.41, 5.74) is -0.791. The molecule has 0 aromatic carbocycles. The summed E-state index contributed by atoms with van der Waals surface area (Å²) >= 11 is 0. The quantitative estimate of drug-likeness (QED) is 0.724. The van der Waals surface area contributed by atoms with Crippen molar-refractivity contribution in [1.29, 1.82) is 0 Å². The number of halogens is 3. The third-order valence-corrected chi connectivity index (χ3v) is 2.57. The van der Waals surface area contributed by atoms with Crippen molar-refractivity contribution in [2.24, 2.45) is 0 Å². The van der Waals surface area contributed by atoms with Crippen molar-refractivity contribution in [2.75, 3.05) is 13.6 Å². The topological polar surface area (TPSA) is 87.1 Å². The molecule has 1 aromatic heterocycles. The normalized spacial score (nSPS) is 14.7. The molecule has 6 nitrogen and oxygen atoms in total. The maximum absolute atomic E-state index is 12.3. The first-order valence-electron chi connectivity index (χ1n) is 5.78. The fraction of sp³-hybridized carbons (Fsp3) is 0.545. The monoisotopic (exact) mass is 292 g/mol. The molecule has 2 atom stereocenters. The van der Waals surface area contributed by atoms with E-state index in [0.29, 0.717) is 6.20 Å². The molecule has 0 saturated carbocycles. The minimum atomic E-state index is -4.53. The lowest BCUT2D eigenvalue weighted by Crippen LogP contribution is -2.40. The minimum Gasteiger partial charge on any atom is -0.382 e. The molecule has 1 rings (SSSR count). The Labute approximate surface area is 113 Å². The number of aliphatic hydroxyl groups is 1. The molecule has 0 bridgehead atoms. The maximum atomic E-state index is 12.3. The highest BCUT2D eigenvalue weighted by Crippen LogP contribution is 2.26. The third-order valence-electron chi connectivity index (χ3n) is 2.57. The van der Waals surface area contributed by atoms with Crippen molar-refractivity contribution in [3.05, 3.63) is 23.8 Å². The zero-order chi connectivity index (χ0) is 15.3. The Balaban J connectivity index is 2.60. The van der Waals surface area contributed by atoms with Gasteiger partial charge in [0.1, 0.15) is 6.10 Å². The van der Waals surface area contributed by atoms with Crippen LogP contribution in [0.25, 0.3) is 0 Å². The zero-order valence-electron chi connectivity index (χ0n) is 10.9. The Hall–Kier alpha value is -1.74. The third kappa shape index (κ3) is 4.42. The number of aliphatic hydroxyl groups excluding tert-OH is 1. The molecule has 0 aliphatic rings. The summed E-state index contributed by atoms with van der Waals surface area (Å²) in [6, 6.07) is -0.455. The molecule has 112 valence electrons. The van der Waals surface area contributed by atoms with Gasteiger partial charge in [0.15, 0.2) is 5.69 Å². The van der Waals surface area contributed by atoms with Gasteiger partial charge in [0.05, 0.1) is 18.1 Å². The van der Waals surface area contributed by atoms with Crippen molar-refractivity contribution in [3.8, 4) is 0 Å². The van der Waals surface area contributed by atoms with Crippen LogP contribution in [0, 0.1) is 0 Å². The predicted molar refractivity (Wildman–Crippen MR) is 63.5 cm³/mol. The highest BCUT2D eigenvalue weighted by atomic mass is 19.4. The van der Waals surface area contributed by atoms with E-state index in [1.54, 1.807) is 6.92 Å². The van der Waals surface area contributed by atoms with Gasteiger partial charge in [-0.15, -0.1) is 0 Å². The Morgan fingerprint density at radius 1 is 1.40 bits per heavy atom. The van der Waals surface area contributed by atoms with Crippen LogP contribution in [0.3, 0.4) is 0 Å². The molecule has 0 fully saturated rings. The summed E-state index contributed by atoms with van der Waals surface area (Å²) in [4.78, 5) is 18.0. The number of carbonyl (C=O) groups excluding carboxylic acids is 1. The van der Waals surface area contributed by atoms with Gasteiger partial charge in [-0.1, -0.05) is 0 Å². The molecule has 0 saturated heterocycles. The first-order chi connectivity index (χ1) is 9.25. The van der Waals surface area contributed by atoms with E-state index < -0.39 is 29.9 Å². The van der Waals surface area contributed by atoms with Gasteiger partial charge < -0.3 is 15.7 Å². The van der Waals surface area contributed by atoms with Gasteiger partial charge in [0.2, 0.25) is 5.91 Å². The fourth-order valence-electron chi connectivity index (χ4n) is 1.36. The largest absolute Gasteiger partial charge is 0.434 e. The van der Waals surface area contributed by atoms with Crippen LogP contribution >= 0.6 is 0 Å². The number of rotatable bonds is 5. The fourth-order valence-corrected chi connectivity index (χ4v) is 1.36. The molecule has 0 aliphatic carbocycles. The van der Waals surface area contributed by atoms with Gasteiger partial charge in [0.25, 0.3) is 0 Å². The average molecular weight is 292 g/mol. The highest BCUT2D eigenvalue weighted by molar-refractivity contribution is 5.80. The van der Waals surface area contributed by atoms with Crippen LogP contribution in [0.2, 0.25) is 0 Å². The van der Waals surface area contributed by atoms with Gasteiger partial charge in [-0.2, -0.15) is 13.2 Å². The number of likely N-dealkylation sites (N-methyl/N-ethyl adjacent to an activating group) is 1. The van der Waals surface area contributed by atoms with Crippen LogP contribution in [-0.2, 0) is 11.0 Å². The van der Waals surface area contributed by atoms with Crippen molar-refractivity contribution in [3.63, 3.8) is 0 Å². The molecule has 0 radical (unpaired) electrons. The van der Waals surface area contributed by atoms with Gasteiger partial charge in [-0.3, -0.25) is 9.78 Å². The van der Waals surface area contributed by atoms with E-state index >= 15 is 0 Å². The van der Waals surface area contributed by atoms with Gasteiger partial charge in [0, 0.05) is 19.6 Å². The lowest BCUT2D eigenvalue weighted by Gasteiger charge is -2.16. The second-order valence-electron chi connectivity index (χ2n) is 4.08. The minimum absolute atomic E-state index is 0.0520. The second kappa shape index (κ2) is 6.62. The molecule has 0 spiro atoms. The first kappa shape index (κ1) is 16.3. The van der Waals surface area contributed by atoms with E-state index in [1.165, 1.54) is 7.05 Å². The van der Waals surface area contributed by atoms with Crippen LogP contribution in [0.1, 0.15) is 24.4 Å². The molecule has 1 unspecified atom stereocenters. The van der Waals surface area contributed by atoms with Gasteiger partial charge >= 0.3 is 6.18 Å². The number of aromatic nitrogens is 2. The van der Waals surface area contributed by atoms with E-state index in [1.807, 2.05) is 0 Å². The van der Waals surface area contributed by atoms with Gasteiger partial charge in [-0.05, 0) is 6.92 Å². The van der Waals surface area contributed by atoms with E-state index in [0.717, 1.165) is 6.20 Å². The number of hydrogen-bond acceptors (Lipinski definition) is 5. The van der Waals surface area contributed by atoms with Crippen molar-refractivity contribution < 1.29 is 23.1 Å². The molecule has 3 N–H and O–H groups in total. The van der Waals surface area contributed by atoms with E-state index in [-0.39, 0.29) is 12.2 Å². The summed E-state index contributed by atoms with van der Waals surface area (Å²) in [6.07, 6.45) is -4.13. The van der Waals surface area contributed by atoms with Gasteiger partial charge in [-0.25, -0.2) is 4.98 Å². The maximum Gasteiger partial charge on any atom is 0.434 e. The number of carbonyl (C=O) groups is 1. The Morgan fingerprint density at radius 2 is 2.05 bits per heavy atom. The second-order valence-corrected chi connectivity index (χ2v) is 4.08. The summed E-state index contributed by atoms with van der Waals surface area (Å²) < 4.78 is 36.9. The van der Waals surface area contributed by atoms with Crippen LogP contribution in [-0.4, -0.2) is 40.7 Å². The Morgan fingerprint density at radius 3 is 2.50 bits per heavy atom. The Bertz CT molecular complexity index is 450. The lowest BCUT2D eigenvalue weighted by molar-refractivity contribution is -0.141. The lowest BCUT2D eigenvalue weighted by atomic mass is 10.2. The van der Waals surface area contributed by atoms with Crippen LogP contribution in [0.15, 0.2) is 12.4 Å². The molecule has 0 aliphatic heterocycles. The summed E-state index contributed by atoms with van der Waals surface area (Å²) in [5.74, 6) is -0.553. The SMILES string of the molecule is CNC(=O)C(O)CN[C@@H](C)c1cnc(C(F)(F)F)cn1. The molecular weight excluding hydrogens is 277 g/mol. The molecule has 1 aromatic rings. The number of alkyl halides is 3. The summed E-state index contributed by atoms with van der Waals surface area (Å²) in [5, 5.41) is 14.5. The average Bonchev–Trinajstić information content (AvgIpc) is 2.42. The standard InChI is InChI=1S/C11H15F3N4O2/c1-6(16-4-8(19)10(20)15-2)7-3-18-9(5-17-7)11(12,13)14/h3,5-6,8,16,19H,4H2,1-2H3,(H,15,20)/t6-,8?/m0/s1. The molecule has 20 heavy (non-hydrogen) atoms. The van der Waals surface area contributed by atoms with Crippen molar-refractivity contribution >= 4 is 5.91 Å².